The van der Waals surface area contributed by atoms with E-state index in [9.17, 15) is 13.2 Å². The maximum Gasteiger partial charge on any atom is 0.232 e. The third-order valence-corrected chi connectivity index (χ3v) is 4.25. The van der Waals surface area contributed by atoms with Crippen molar-refractivity contribution < 1.29 is 13.2 Å². The van der Waals surface area contributed by atoms with E-state index in [-0.39, 0.29) is 5.91 Å². The third kappa shape index (κ3) is 3.72. The van der Waals surface area contributed by atoms with Gasteiger partial charge in [0, 0.05) is 25.2 Å². The van der Waals surface area contributed by atoms with Crippen LogP contribution in [0.15, 0.2) is 24.3 Å². The summed E-state index contributed by atoms with van der Waals surface area (Å²) in [5.41, 5.74) is 0.834. The zero-order chi connectivity index (χ0) is 15.7. The molecule has 1 aromatic rings. The van der Waals surface area contributed by atoms with E-state index >= 15 is 0 Å². The molecule has 1 rings (SSSR count). The van der Waals surface area contributed by atoms with E-state index in [1.807, 2.05) is 20.8 Å². The van der Waals surface area contributed by atoms with Crippen LogP contribution in [0.5, 0.6) is 0 Å². The molecule has 0 N–H and O–H groups in total. The number of hydrogen-bond acceptors (Lipinski definition) is 3. The molecule has 0 bridgehead atoms. The maximum atomic E-state index is 12.2. The summed E-state index contributed by atoms with van der Waals surface area (Å²) in [5.74, 6) is 0.00159. The SMILES string of the molecule is CN(C(=O)C(C)(C)C)c1ccc(N(C)S(C)(=O)=O)cc1. The predicted molar refractivity (Wildman–Crippen MR) is 82.6 cm³/mol. The molecule has 0 aromatic heterocycles. The molecule has 1 amide bonds. The van der Waals surface area contributed by atoms with E-state index in [0.717, 1.165) is 11.9 Å². The van der Waals surface area contributed by atoms with Crippen LogP contribution >= 0.6 is 0 Å². The van der Waals surface area contributed by atoms with Gasteiger partial charge in [0.2, 0.25) is 15.9 Å². The van der Waals surface area contributed by atoms with Crippen molar-refractivity contribution in [3.8, 4) is 0 Å². The molecule has 0 spiro atoms. The first-order valence-electron chi connectivity index (χ1n) is 6.26. The Labute approximate surface area is 121 Å². The molecule has 6 heteroatoms. The van der Waals surface area contributed by atoms with E-state index in [1.54, 1.807) is 36.2 Å². The number of sulfonamides is 1. The summed E-state index contributed by atoms with van der Waals surface area (Å²) in [6, 6.07) is 6.84. The lowest BCUT2D eigenvalue weighted by Crippen LogP contribution is -2.36. The van der Waals surface area contributed by atoms with Crippen LogP contribution in [-0.2, 0) is 14.8 Å². The Balaban J connectivity index is 3.01. The number of hydrogen-bond donors (Lipinski definition) is 0. The average molecular weight is 298 g/mol. The smallest absolute Gasteiger partial charge is 0.232 e. The summed E-state index contributed by atoms with van der Waals surface area (Å²) in [6.07, 6.45) is 1.15. The largest absolute Gasteiger partial charge is 0.315 e. The molecule has 112 valence electrons. The summed E-state index contributed by atoms with van der Waals surface area (Å²) in [6.45, 7) is 5.58. The highest BCUT2D eigenvalue weighted by Crippen LogP contribution is 2.24. The minimum atomic E-state index is -3.28. The number of nitrogens with zero attached hydrogens (tertiary/aromatic N) is 2. The van der Waals surface area contributed by atoms with Gasteiger partial charge in [-0.3, -0.25) is 9.10 Å². The van der Waals surface area contributed by atoms with Gasteiger partial charge >= 0.3 is 0 Å². The van der Waals surface area contributed by atoms with Gasteiger partial charge in [-0.25, -0.2) is 8.42 Å². The number of anilines is 2. The Hall–Kier alpha value is -1.56. The molecule has 0 atom stereocenters. The molecular weight excluding hydrogens is 276 g/mol. The van der Waals surface area contributed by atoms with E-state index in [0.29, 0.717) is 5.69 Å². The maximum absolute atomic E-state index is 12.2. The lowest BCUT2D eigenvalue weighted by atomic mass is 9.95. The van der Waals surface area contributed by atoms with Crippen LogP contribution in [0.1, 0.15) is 20.8 Å². The Morgan fingerprint density at radius 1 is 1.00 bits per heavy atom. The topological polar surface area (TPSA) is 57.7 Å². The van der Waals surface area contributed by atoms with Gasteiger partial charge in [-0.1, -0.05) is 20.8 Å². The Kier molecular flexibility index (Phi) is 4.49. The molecule has 0 radical (unpaired) electrons. The highest BCUT2D eigenvalue weighted by molar-refractivity contribution is 7.92. The number of benzene rings is 1. The van der Waals surface area contributed by atoms with Crippen molar-refractivity contribution in [1.82, 2.24) is 0 Å². The van der Waals surface area contributed by atoms with Crippen LogP contribution in [0.3, 0.4) is 0 Å². The monoisotopic (exact) mass is 298 g/mol. The average Bonchev–Trinajstić information content (AvgIpc) is 2.34. The molecule has 0 fully saturated rings. The molecule has 0 aliphatic carbocycles. The fourth-order valence-corrected chi connectivity index (χ4v) is 2.20. The van der Waals surface area contributed by atoms with Crippen molar-refractivity contribution in [2.24, 2.45) is 5.41 Å². The van der Waals surface area contributed by atoms with Crippen molar-refractivity contribution in [3.05, 3.63) is 24.3 Å². The molecule has 0 saturated carbocycles. The minimum absolute atomic E-state index is 0.00159. The van der Waals surface area contributed by atoms with Gasteiger partial charge in [0.1, 0.15) is 0 Å². The molecule has 5 nitrogen and oxygen atoms in total. The molecule has 0 unspecified atom stereocenters. The minimum Gasteiger partial charge on any atom is -0.315 e. The first-order chi connectivity index (χ1) is 8.94. The molecule has 0 heterocycles. The van der Waals surface area contributed by atoms with E-state index in [1.165, 1.54) is 11.4 Å². The summed E-state index contributed by atoms with van der Waals surface area (Å²) < 4.78 is 24.1. The molecule has 0 aliphatic heterocycles. The van der Waals surface area contributed by atoms with Crippen LogP contribution in [0.4, 0.5) is 11.4 Å². The second-order valence-corrected chi connectivity index (χ2v) is 7.87. The number of carbonyl (C=O) groups is 1. The van der Waals surface area contributed by atoms with E-state index in [4.69, 9.17) is 0 Å². The van der Waals surface area contributed by atoms with Gasteiger partial charge in [-0.15, -0.1) is 0 Å². The number of carbonyl (C=O) groups excluding carboxylic acids is 1. The molecule has 0 saturated heterocycles. The van der Waals surface area contributed by atoms with Crippen LogP contribution < -0.4 is 9.21 Å². The molecule has 1 aromatic carbocycles. The van der Waals surface area contributed by atoms with Crippen LogP contribution in [0, 0.1) is 5.41 Å². The highest BCUT2D eigenvalue weighted by Gasteiger charge is 2.25. The lowest BCUT2D eigenvalue weighted by molar-refractivity contribution is -0.125. The zero-order valence-electron chi connectivity index (χ0n) is 12.8. The summed E-state index contributed by atoms with van der Waals surface area (Å²) in [4.78, 5) is 13.7. The quantitative estimate of drug-likeness (QED) is 0.858. The lowest BCUT2D eigenvalue weighted by Gasteiger charge is -2.26. The van der Waals surface area contributed by atoms with Crippen molar-refractivity contribution in [1.29, 1.82) is 0 Å². The highest BCUT2D eigenvalue weighted by atomic mass is 32.2. The molecular formula is C14H22N2O3S. The van der Waals surface area contributed by atoms with Gasteiger partial charge in [-0.05, 0) is 24.3 Å². The number of amides is 1. The second kappa shape index (κ2) is 5.44. The summed E-state index contributed by atoms with van der Waals surface area (Å²) in [7, 11) is -0.0702. The van der Waals surface area contributed by atoms with E-state index in [2.05, 4.69) is 0 Å². The Bertz CT molecular complexity index is 586. The van der Waals surface area contributed by atoms with Crippen LogP contribution in [0.25, 0.3) is 0 Å². The van der Waals surface area contributed by atoms with Crippen molar-refractivity contribution in [3.63, 3.8) is 0 Å². The fraction of sp³-hybridized carbons (Fsp3) is 0.500. The second-order valence-electron chi connectivity index (χ2n) is 5.86. The van der Waals surface area contributed by atoms with Gasteiger partial charge < -0.3 is 4.90 Å². The fourth-order valence-electron chi connectivity index (χ4n) is 1.70. The number of rotatable bonds is 3. The zero-order valence-corrected chi connectivity index (χ0v) is 13.7. The van der Waals surface area contributed by atoms with Crippen LogP contribution in [0.2, 0.25) is 0 Å². The van der Waals surface area contributed by atoms with Gasteiger partial charge in [0.15, 0.2) is 0 Å². The predicted octanol–water partition coefficient (Wildman–Crippen LogP) is 2.09. The third-order valence-electron chi connectivity index (χ3n) is 3.04. The van der Waals surface area contributed by atoms with Gasteiger partial charge in [-0.2, -0.15) is 0 Å². The first kappa shape index (κ1) is 16.5. The standard InChI is InChI=1S/C14H22N2O3S/c1-14(2,3)13(17)15(4)11-7-9-12(10-8-11)16(5)20(6,18)19/h7-10H,1-6H3. The molecule has 0 aliphatic rings. The van der Waals surface area contributed by atoms with Crippen molar-refractivity contribution >= 4 is 27.3 Å². The molecule has 20 heavy (non-hydrogen) atoms. The van der Waals surface area contributed by atoms with Crippen molar-refractivity contribution in [2.75, 3.05) is 29.6 Å². The van der Waals surface area contributed by atoms with E-state index < -0.39 is 15.4 Å². The van der Waals surface area contributed by atoms with Gasteiger partial charge in [0.25, 0.3) is 0 Å². The first-order valence-corrected chi connectivity index (χ1v) is 8.11. The Morgan fingerprint density at radius 2 is 1.40 bits per heavy atom. The van der Waals surface area contributed by atoms with Gasteiger partial charge in [0.05, 0.1) is 11.9 Å². The van der Waals surface area contributed by atoms with Crippen LogP contribution in [-0.4, -0.2) is 34.7 Å². The summed E-state index contributed by atoms with van der Waals surface area (Å²) >= 11 is 0. The normalized spacial score (nSPS) is 12.1. The van der Waals surface area contributed by atoms with Crippen molar-refractivity contribution in [2.45, 2.75) is 20.8 Å². The summed E-state index contributed by atoms with van der Waals surface area (Å²) in [5, 5.41) is 0. The Morgan fingerprint density at radius 3 is 1.75 bits per heavy atom.